The quantitative estimate of drug-likeness (QED) is 0.384. The molecule has 1 aliphatic heterocycles. The lowest BCUT2D eigenvalue weighted by Gasteiger charge is -2.18. The van der Waals surface area contributed by atoms with E-state index >= 15 is 0 Å². The van der Waals surface area contributed by atoms with Crippen molar-refractivity contribution in [2.24, 2.45) is 0 Å². The fourth-order valence-corrected chi connectivity index (χ4v) is 4.23. The van der Waals surface area contributed by atoms with Crippen LogP contribution in [0, 0.1) is 5.82 Å². The van der Waals surface area contributed by atoms with Gasteiger partial charge in [0.1, 0.15) is 11.6 Å². The molecule has 0 unspecified atom stereocenters. The molecule has 1 saturated carbocycles. The Morgan fingerprint density at radius 2 is 1.74 bits per heavy atom. The van der Waals surface area contributed by atoms with Gasteiger partial charge in [-0.15, -0.1) is 0 Å². The summed E-state index contributed by atoms with van der Waals surface area (Å²) in [4.78, 5) is 37.9. The van der Waals surface area contributed by atoms with Gasteiger partial charge < -0.3 is 19.7 Å². The Morgan fingerprint density at radius 1 is 1.13 bits per heavy atom. The maximum absolute atomic E-state index is 14.3. The smallest absolute Gasteiger partial charge is 0.427 e. The molecule has 2 aromatic carbocycles. The Hall–Kier alpha value is -3.59. The molecule has 2 aliphatic rings. The summed E-state index contributed by atoms with van der Waals surface area (Å²) in [6.07, 6.45) is 3.00. The summed E-state index contributed by atoms with van der Waals surface area (Å²) in [6, 6.07) is 10.2. The molecule has 4 rings (SSSR count). The van der Waals surface area contributed by atoms with Gasteiger partial charge in [-0.2, -0.15) is 0 Å². The number of urea groups is 1. The van der Waals surface area contributed by atoms with Crippen LogP contribution in [0.4, 0.5) is 25.4 Å². The van der Waals surface area contributed by atoms with Gasteiger partial charge in [-0.3, -0.25) is 4.79 Å². The molecule has 0 atom stereocenters. The molecule has 0 bridgehead atoms. The number of nitrogens with zero attached hydrogens (tertiary/aromatic N) is 2. The number of carbonyl (C=O) groups is 3. The van der Waals surface area contributed by atoms with Crippen LogP contribution in [0.15, 0.2) is 47.7 Å². The minimum absolute atomic E-state index is 0.00962. The van der Waals surface area contributed by atoms with Gasteiger partial charge in [0.25, 0.3) is 0 Å². The number of hydrogen-bond donors (Lipinski definition) is 1. The lowest BCUT2D eigenvalue weighted by atomic mass is 10.0. The highest BCUT2D eigenvalue weighted by Gasteiger charge is 2.40. The van der Waals surface area contributed by atoms with Gasteiger partial charge in [0.2, 0.25) is 0 Å². The number of halogens is 2. The normalized spacial score (nSPS) is 15.2. The predicted octanol–water partition coefficient (Wildman–Crippen LogP) is 7.48. The fourth-order valence-electron chi connectivity index (χ4n) is 4.04. The number of ether oxygens (including phenoxy) is 2. The summed E-state index contributed by atoms with van der Waals surface area (Å²) in [6.45, 7) is 7.56. The van der Waals surface area contributed by atoms with Crippen molar-refractivity contribution in [2.75, 3.05) is 24.3 Å². The molecule has 1 N–H and O–H groups in total. The van der Waals surface area contributed by atoms with Crippen LogP contribution >= 0.6 is 11.6 Å². The predicted molar refractivity (Wildman–Crippen MR) is 150 cm³/mol. The van der Waals surface area contributed by atoms with Crippen LogP contribution < -0.4 is 15.0 Å². The number of benzene rings is 2. The maximum Gasteiger partial charge on any atom is 0.427 e. The number of allylic oxidation sites excluding steroid dienone is 1. The fraction of sp³-hybridized carbons (Fsp3) is 0.414. The molecule has 0 aromatic heterocycles. The van der Waals surface area contributed by atoms with Crippen molar-refractivity contribution >= 4 is 41.0 Å². The zero-order chi connectivity index (χ0) is 28.9. The molecule has 0 spiro atoms. The number of imide groups is 1. The summed E-state index contributed by atoms with van der Waals surface area (Å²) in [5, 5.41) is 2.90. The molecule has 0 radical (unpaired) electrons. The molecule has 1 heterocycles. The third-order valence-electron chi connectivity index (χ3n) is 6.30. The van der Waals surface area contributed by atoms with Crippen molar-refractivity contribution < 1.29 is 28.2 Å². The van der Waals surface area contributed by atoms with Crippen LogP contribution in [-0.2, 0) is 9.53 Å². The van der Waals surface area contributed by atoms with E-state index in [1.54, 1.807) is 27.9 Å². The third-order valence-corrected chi connectivity index (χ3v) is 6.59. The Morgan fingerprint density at radius 3 is 2.26 bits per heavy atom. The summed E-state index contributed by atoms with van der Waals surface area (Å²) in [5.41, 5.74) is 2.42. The highest BCUT2D eigenvalue weighted by atomic mass is 35.5. The Bertz CT molecular complexity index is 1250. The molecular weight excluding hydrogens is 525 g/mol. The van der Waals surface area contributed by atoms with Gasteiger partial charge in [-0.05, 0) is 74.8 Å². The van der Waals surface area contributed by atoms with E-state index in [1.165, 1.54) is 16.5 Å². The van der Waals surface area contributed by atoms with E-state index in [1.807, 2.05) is 24.3 Å². The van der Waals surface area contributed by atoms with Crippen molar-refractivity contribution in [2.45, 2.75) is 65.4 Å². The summed E-state index contributed by atoms with van der Waals surface area (Å²) >= 11 is 6.04. The highest BCUT2D eigenvalue weighted by Crippen LogP contribution is 2.37. The first-order valence-corrected chi connectivity index (χ1v) is 13.2. The lowest BCUT2D eigenvalue weighted by molar-refractivity contribution is -0.114. The zero-order valence-electron chi connectivity index (χ0n) is 23.1. The molecular formula is C29H35ClFN3O5. The van der Waals surface area contributed by atoms with E-state index < -0.39 is 17.8 Å². The van der Waals surface area contributed by atoms with Gasteiger partial charge in [-0.1, -0.05) is 37.6 Å². The van der Waals surface area contributed by atoms with Crippen LogP contribution in [-0.4, -0.2) is 43.1 Å². The van der Waals surface area contributed by atoms with Crippen LogP contribution in [0.1, 0.15) is 64.9 Å². The van der Waals surface area contributed by atoms with Crippen molar-refractivity contribution in [1.29, 1.82) is 0 Å². The summed E-state index contributed by atoms with van der Waals surface area (Å²) in [5.74, 6) is -0.811. The molecule has 1 saturated heterocycles. The average molecular weight is 560 g/mol. The number of anilines is 2. The molecule has 8 nitrogen and oxygen atoms in total. The molecule has 1 aliphatic carbocycles. The van der Waals surface area contributed by atoms with Crippen LogP contribution in [0.3, 0.4) is 0 Å². The van der Waals surface area contributed by atoms with Crippen molar-refractivity contribution in [3.63, 3.8) is 0 Å². The minimum Gasteiger partial charge on any atom is -0.489 e. The SMILES string of the molecule is CC(C)=C1OC(=O)N(c2cc(OC3CCCC3)c(Cl)cc2F)C1=O.CC(C)c1ccc(NC(=O)N(C)C)cc1. The number of carbonyl (C=O) groups excluding carboxylic acids is 3. The Labute approximate surface area is 233 Å². The average Bonchev–Trinajstić information content (AvgIpc) is 3.49. The van der Waals surface area contributed by atoms with E-state index in [4.69, 9.17) is 21.1 Å². The van der Waals surface area contributed by atoms with E-state index in [2.05, 4.69) is 19.2 Å². The maximum atomic E-state index is 14.3. The second-order valence-corrected chi connectivity index (χ2v) is 10.6. The number of amides is 4. The second-order valence-electron chi connectivity index (χ2n) is 10.2. The van der Waals surface area contributed by atoms with Crippen molar-refractivity contribution in [1.82, 2.24) is 4.90 Å². The van der Waals surface area contributed by atoms with Gasteiger partial charge in [0.05, 0.1) is 16.8 Å². The minimum atomic E-state index is -0.941. The van der Waals surface area contributed by atoms with Crippen LogP contribution in [0.2, 0.25) is 5.02 Å². The second kappa shape index (κ2) is 13.0. The molecule has 39 heavy (non-hydrogen) atoms. The summed E-state index contributed by atoms with van der Waals surface area (Å²) < 4.78 is 25.1. The molecule has 2 fully saturated rings. The van der Waals surface area contributed by atoms with E-state index in [0.717, 1.165) is 37.4 Å². The van der Waals surface area contributed by atoms with Gasteiger partial charge in [0, 0.05) is 25.8 Å². The van der Waals surface area contributed by atoms with Crippen LogP contribution in [0.5, 0.6) is 5.75 Å². The van der Waals surface area contributed by atoms with E-state index in [0.29, 0.717) is 16.4 Å². The first-order chi connectivity index (χ1) is 18.4. The first kappa shape index (κ1) is 30.0. The van der Waals surface area contributed by atoms with Gasteiger partial charge >= 0.3 is 18.0 Å². The van der Waals surface area contributed by atoms with Gasteiger partial charge in [-0.25, -0.2) is 18.9 Å². The van der Waals surface area contributed by atoms with Crippen LogP contribution in [0.25, 0.3) is 0 Å². The highest BCUT2D eigenvalue weighted by molar-refractivity contribution is 6.32. The number of hydrogen-bond acceptors (Lipinski definition) is 5. The molecule has 10 heteroatoms. The zero-order valence-corrected chi connectivity index (χ0v) is 23.9. The summed E-state index contributed by atoms with van der Waals surface area (Å²) in [7, 11) is 3.44. The number of rotatable bonds is 5. The van der Waals surface area contributed by atoms with Crippen molar-refractivity contribution in [3.8, 4) is 5.75 Å². The van der Waals surface area contributed by atoms with Gasteiger partial charge in [0.15, 0.2) is 5.76 Å². The Kier molecular flexibility index (Phi) is 9.97. The third kappa shape index (κ3) is 7.50. The molecule has 2 aromatic rings. The number of nitrogens with one attached hydrogen (secondary N) is 1. The van der Waals surface area contributed by atoms with E-state index in [9.17, 15) is 18.8 Å². The molecule has 4 amide bonds. The monoisotopic (exact) mass is 559 g/mol. The Balaban J connectivity index is 0.000000242. The molecule has 210 valence electrons. The van der Waals surface area contributed by atoms with E-state index in [-0.39, 0.29) is 34.4 Å². The standard InChI is InChI=1S/C17H17ClFNO4.C12H18N2O/c1-9(2)15-16(21)20(17(22)24-15)13-8-14(11(18)7-12(13)19)23-10-5-3-4-6-10;1-9(2)10-5-7-11(8-6-10)13-12(15)14(3)4/h7-8,10H,3-6H2,1-2H3;5-9H,1-4H3,(H,13,15). The lowest BCUT2D eigenvalue weighted by Crippen LogP contribution is -2.29. The largest absolute Gasteiger partial charge is 0.489 e. The topological polar surface area (TPSA) is 88.2 Å². The van der Waals surface area contributed by atoms with Crippen molar-refractivity contribution in [3.05, 3.63) is 64.1 Å². The first-order valence-electron chi connectivity index (χ1n) is 12.9. The number of cyclic esters (lactones) is 1.